The molecule has 0 aliphatic rings. The lowest BCUT2D eigenvalue weighted by molar-refractivity contribution is 0.494. The molecule has 0 saturated carbocycles. The summed E-state index contributed by atoms with van der Waals surface area (Å²) in [4.78, 5) is 0. The summed E-state index contributed by atoms with van der Waals surface area (Å²) in [6.45, 7) is -0.0768. The van der Waals surface area contributed by atoms with Crippen LogP contribution in [0.4, 0.5) is 0 Å². The van der Waals surface area contributed by atoms with Crippen LogP contribution in [0.2, 0.25) is 5.02 Å². The van der Waals surface area contributed by atoms with Gasteiger partial charge in [0.05, 0.1) is 22.9 Å². The number of sulfonamides is 1. The van der Waals surface area contributed by atoms with Gasteiger partial charge < -0.3 is 4.42 Å². The first-order valence-electron chi connectivity index (χ1n) is 7.12. The molecule has 1 N–H and O–H groups in total. The highest BCUT2D eigenvalue weighted by Gasteiger charge is 2.15. The molecule has 0 radical (unpaired) electrons. The maximum atomic E-state index is 12.1. The molecular weight excluding hydrogens is 350 g/mol. The van der Waals surface area contributed by atoms with Crippen LogP contribution in [-0.4, -0.2) is 18.6 Å². The fourth-order valence-electron chi connectivity index (χ4n) is 2.08. The minimum Gasteiger partial charge on any atom is -0.419 e. The highest BCUT2D eigenvalue weighted by molar-refractivity contribution is 7.88. The summed E-state index contributed by atoms with van der Waals surface area (Å²) in [7, 11) is -3.50. The number of nitrogens with one attached hydrogen (secondary N) is 1. The van der Waals surface area contributed by atoms with Crippen LogP contribution in [0.5, 0.6) is 0 Å². The van der Waals surface area contributed by atoms with Gasteiger partial charge >= 0.3 is 0 Å². The predicted molar refractivity (Wildman–Crippen MR) is 90.6 cm³/mol. The van der Waals surface area contributed by atoms with E-state index in [0.717, 1.165) is 0 Å². The molecule has 0 aliphatic heterocycles. The minimum absolute atomic E-state index is 0.0768. The number of nitrogens with zero attached hydrogens (tertiary/aromatic N) is 2. The Kier molecular flexibility index (Phi) is 4.94. The molecule has 3 rings (SSSR count). The number of rotatable bonds is 6. The third-order valence-electron chi connectivity index (χ3n) is 3.21. The van der Waals surface area contributed by atoms with Crippen molar-refractivity contribution in [3.63, 3.8) is 0 Å². The van der Waals surface area contributed by atoms with E-state index in [9.17, 15) is 8.42 Å². The lowest BCUT2D eigenvalue weighted by atomic mass is 10.2. The van der Waals surface area contributed by atoms with Gasteiger partial charge in [-0.2, -0.15) is 0 Å². The smallest absolute Gasteiger partial charge is 0.249 e. The van der Waals surface area contributed by atoms with Crippen molar-refractivity contribution in [3.8, 4) is 11.5 Å². The maximum absolute atomic E-state index is 12.1. The quantitative estimate of drug-likeness (QED) is 0.727. The first-order chi connectivity index (χ1) is 11.5. The Labute approximate surface area is 144 Å². The highest BCUT2D eigenvalue weighted by atomic mass is 35.5. The van der Waals surface area contributed by atoms with E-state index in [2.05, 4.69) is 14.9 Å². The third-order valence-corrected chi connectivity index (χ3v) is 4.84. The Morgan fingerprint density at radius 2 is 1.71 bits per heavy atom. The molecule has 0 amide bonds. The summed E-state index contributed by atoms with van der Waals surface area (Å²) >= 11 is 6.07. The molecular formula is C16H14ClN3O3S. The van der Waals surface area contributed by atoms with E-state index in [0.29, 0.717) is 16.1 Å². The van der Waals surface area contributed by atoms with Crippen molar-refractivity contribution in [2.24, 2.45) is 0 Å². The van der Waals surface area contributed by atoms with Crippen molar-refractivity contribution in [2.75, 3.05) is 0 Å². The van der Waals surface area contributed by atoms with E-state index < -0.39 is 10.0 Å². The fraction of sp³-hybridized carbons (Fsp3) is 0.125. The lowest BCUT2D eigenvalue weighted by Gasteiger charge is -2.04. The molecule has 3 aromatic rings. The van der Waals surface area contributed by atoms with Crippen LogP contribution in [0, 0.1) is 0 Å². The number of hydrogen-bond donors (Lipinski definition) is 1. The second kappa shape index (κ2) is 7.12. The van der Waals surface area contributed by atoms with Gasteiger partial charge in [0, 0.05) is 0 Å². The van der Waals surface area contributed by atoms with E-state index in [1.807, 2.05) is 6.07 Å². The molecule has 0 saturated heterocycles. The first kappa shape index (κ1) is 16.6. The molecule has 6 nitrogen and oxygen atoms in total. The summed E-state index contributed by atoms with van der Waals surface area (Å²) in [5.74, 6) is 0.304. The topological polar surface area (TPSA) is 85.1 Å². The molecule has 0 spiro atoms. The van der Waals surface area contributed by atoms with Gasteiger partial charge in [-0.15, -0.1) is 10.2 Å². The van der Waals surface area contributed by atoms with E-state index in [1.165, 1.54) is 0 Å². The van der Waals surface area contributed by atoms with Crippen LogP contribution >= 0.6 is 11.6 Å². The summed E-state index contributed by atoms with van der Waals surface area (Å²) in [6.07, 6.45) is 0. The average Bonchev–Trinajstić information content (AvgIpc) is 3.03. The summed E-state index contributed by atoms with van der Waals surface area (Å²) in [6, 6.07) is 16.0. The molecule has 0 unspecified atom stereocenters. The van der Waals surface area contributed by atoms with Crippen LogP contribution in [0.3, 0.4) is 0 Å². The zero-order valence-corrected chi connectivity index (χ0v) is 14.1. The Morgan fingerprint density at radius 1 is 1.00 bits per heavy atom. The van der Waals surface area contributed by atoms with Gasteiger partial charge in [-0.1, -0.05) is 54.1 Å². The van der Waals surface area contributed by atoms with Crippen LogP contribution in [0.25, 0.3) is 11.5 Å². The van der Waals surface area contributed by atoms with Crippen molar-refractivity contribution < 1.29 is 12.8 Å². The molecule has 0 fully saturated rings. The van der Waals surface area contributed by atoms with E-state index in [-0.39, 0.29) is 24.1 Å². The van der Waals surface area contributed by atoms with Crippen LogP contribution in [0.1, 0.15) is 11.5 Å². The van der Waals surface area contributed by atoms with E-state index in [1.54, 1.807) is 48.5 Å². The van der Waals surface area contributed by atoms with Crippen molar-refractivity contribution in [1.29, 1.82) is 0 Å². The van der Waals surface area contributed by atoms with Crippen LogP contribution in [-0.2, 0) is 22.3 Å². The second-order valence-electron chi connectivity index (χ2n) is 5.05. The Morgan fingerprint density at radius 3 is 2.46 bits per heavy atom. The van der Waals surface area contributed by atoms with Crippen LogP contribution in [0.15, 0.2) is 59.0 Å². The van der Waals surface area contributed by atoms with E-state index >= 15 is 0 Å². The normalized spacial score (nSPS) is 11.5. The number of benzene rings is 2. The lowest BCUT2D eigenvalue weighted by Crippen LogP contribution is -2.24. The number of hydrogen-bond acceptors (Lipinski definition) is 5. The molecule has 1 aromatic heterocycles. The van der Waals surface area contributed by atoms with Gasteiger partial charge in [0.2, 0.25) is 21.8 Å². The van der Waals surface area contributed by atoms with E-state index in [4.69, 9.17) is 16.0 Å². The summed E-state index contributed by atoms with van der Waals surface area (Å²) in [5.41, 5.74) is 1.30. The standard InChI is InChI=1S/C16H14ClN3O3S/c17-14-9-5-4-8-13(14)16-20-19-15(23-16)10-18-24(21,22)11-12-6-2-1-3-7-12/h1-9,18H,10-11H2. The predicted octanol–water partition coefficient (Wildman–Crippen LogP) is 3.01. The highest BCUT2D eigenvalue weighted by Crippen LogP contribution is 2.26. The maximum Gasteiger partial charge on any atom is 0.249 e. The Bertz CT molecular complexity index is 927. The van der Waals surface area contributed by atoms with Crippen molar-refractivity contribution in [3.05, 3.63) is 71.1 Å². The fourth-order valence-corrected chi connectivity index (χ4v) is 3.38. The Hall–Kier alpha value is -2.22. The molecule has 0 aliphatic carbocycles. The molecule has 24 heavy (non-hydrogen) atoms. The first-order valence-corrected chi connectivity index (χ1v) is 9.15. The summed E-state index contributed by atoms with van der Waals surface area (Å²) in [5, 5.41) is 8.22. The molecule has 2 aromatic carbocycles. The van der Waals surface area contributed by atoms with Gasteiger partial charge in [-0.3, -0.25) is 0 Å². The molecule has 1 heterocycles. The monoisotopic (exact) mass is 363 g/mol. The van der Waals surface area contributed by atoms with Gasteiger partial charge in [-0.05, 0) is 17.7 Å². The number of aromatic nitrogens is 2. The van der Waals surface area contributed by atoms with Crippen molar-refractivity contribution in [1.82, 2.24) is 14.9 Å². The van der Waals surface area contributed by atoms with Crippen molar-refractivity contribution >= 4 is 21.6 Å². The third kappa shape index (κ3) is 4.19. The minimum atomic E-state index is -3.50. The largest absolute Gasteiger partial charge is 0.419 e. The molecule has 124 valence electrons. The zero-order chi connectivity index (χ0) is 17.0. The molecule has 0 atom stereocenters. The number of halogens is 1. The van der Waals surface area contributed by atoms with Gasteiger partial charge in [0.1, 0.15) is 0 Å². The molecule has 8 heteroatoms. The van der Waals surface area contributed by atoms with Gasteiger partial charge in [0.25, 0.3) is 0 Å². The van der Waals surface area contributed by atoms with Crippen molar-refractivity contribution in [2.45, 2.75) is 12.3 Å². The summed E-state index contributed by atoms with van der Waals surface area (Å²) < 4.78 is 32.1. The average molecular weight is 364 g/mol. The Balaban J connectivity index is 1.66. The molecule has 0 bridgehead atoms. The SMILES string of the molecule is O=S(=O)(Cc1ccccc1)NCc1nnc(-c2ccccc2Cl)o1. The van der Waals surface area contributed by atoms with Gasteiger partial charge in [-0.25, -0.2) is 13.1 Å². The van der Waals surface area contributed by atoms with Crippen LogP contribution < -0.4 is 4.72 Å². The second-order valence-corrected chi connectivity index (χ2v) is 7.26. The van der Waals surface area contributed by atoms with Gasteiger partial charge in [0.15, 0.2) is 0 Å². The zero-order valence-electron chi connectivity index (χ0n) is 12.5.